The van der Waals surface area contributed by atoms with Gasteiger partial charge in [0.05, 0.1) is 17.9 Å². The van der Waals surface area contributed by atoms with Crippen LogP contribution in [-0.2, 0) is 19.1 Å². The van der Waals surface area contributed by atoms with E-state index < -0.39 is 29.6 Å². The smallest absolute Gasteiger partial charge is 0.250 e. The highest BCUT2D eigenvalue weighted by molar-refractivity contribution is 9.09. The number of nitrogens with zero attached hydrogens (tertiary/aromatic N) is 1. The van der Waals surface area contributed by atoms with Crippen molar-refractivity contribution in [3.63, 3.8) is 0 Å². The number of aliphatic hydroxyl groups excluding tert-OH is 1. The molecule has 9 heteroatoms. The number of para-hydroxylation sites is 1. The molecule has 3 aliphatic rings. The second-order valence-electron chi connectivity index (χ2n) is 9.00. The third kappa shape index (κ3) is 3.45. The van der Waals surface area contributed by atoms with Crippen LogP contribution in [-0.4, -0.2) is 70.5 Å². The second kappa shape index (κ2) is 8.76. The molecule has 3 heterocycles. The molecule has 6 atom stereocenters. The number of likely N-dealkylation sites (tertiary alicyclic amines) is 1. The number of nitrogens with one attached hydrogen (secondary N) is 2. The van der Waals surface area contributed by atoms with Gasteiger partial charge < -0.3 is 25.4 Å². The van der Waals surface area contributed by atoms with Gasteiger partial charge in [0.2, 0.25) is 17.7 Å². The van der Waals surface area contributed by atoms with Crippen molar-refractivity contribution in [2.45, 2.75) is 55.7 Å². The van der Waals surface area contributed by atoms with Crippen LogP contribution in [0.5, 0.6) is 0 Å². The van der Waals surface area contributed by atoms with E-state index in [-0.39, 0.29) is 29.2 Å². The van der Waals surface area contributed by atoms with Gasteiger partial charge in [-0.25, -0.2) is 0 Å². The van der Waals surface area contributed by atoms with Crippen LogP contribution >= 0.6 is 15.9 Å². The minimum atomic E-state index is -1.06. The van der Waals surface area contributed by atoms with Crippen LogP contribution in [0.2, 0.25) is 0 Å². The molecule has 32 heavy (non-hydrogen) atoms. The standard InChI is InChI=1S/C23H30BrN3O5/c1-12-7-6-8-13(2)17(12)26-21(30)19-23-11-14(24)18(32-23)15(20(29)25-3)16(23)22(31)27(19)9-4-5-10-28/h6-8,14-16,18-19,28H,4-5,9-11H2,1-3H3,(H,25,29)(H,26,30)/t14?,15-,16+,18-,19?,23?/m1/s1. The summed E-state index contributed by atoms with van der Waals surface area (Å²) in [6.07, 6.45) is 1.10. The van der Waals surface area contributed by atoms with Gasteiger partial charge >= 0.3 is 0 Å². The average molecular weight is 508 g/mol. The first-order chi connectivity index (χ1) is 15.3. The number of alkyl halides is 1. The number of aliphatic hydroxyl groups is 1. The highest BCUT2D eigenvalue weighted by atomic mass is 79.9. The fourth-order valence-electron chi connectivity index (χ4n) is 5.73. The minimum Gasteiger partial charge on any atom is -0.396 e. The van der Waals surface area contributed by atoms with Crippen LogP contribution in [0.15, 0.2) is 18.2 Å². The highest BCUT2D eigenvalue weighted by Crippen LogP contribution is 2.60. The van der Waals surface area contributed by atoms with E-state index in [1.165, 1.54) is 0 Å². The van der Waals surface area contributed by atoms with Crippen molar-refractivity contribution in [2.75, 3.05) is 25.5 Å². The fraction of sp³-hybridized carbons (Fsp3) is 0.609. The van der Waals surface area contributed by atoms with E-state index in [2.05, 4.69) is 26.6 Å². The van der Waals surface area contributed by atoms with Crippen molar-refractivity contribution in [3.05, 3.63) is 29.3 Å². The van der Waals surface area contributed by atoms with E-state index in [4.69, 9.17) is 4.74 Å². The fourth-order valence-corrected chi connectivity index (χ4v) is 6.68. The van der Waals surface area contributed by atoms with E-state index in [1.54, 1.807) is 11.9 Å². The van der Waals surface area contributed by atoms with Crippen LogP contribution in [0, 0.1) is 25.7 Å². The average Bonchev–Trinajstić information content (AvgIpc) is 3.34. The lowest BCUT2D eigenvalue weighted by atomic mass is 9.70. The SMILES string of the molecule is CNC(=O)[C@H]1[C@@H]2OC3(CC2Br)C(C(=O)Nc2c(C)cccc2C)N(CCCCO)C(=O)[C@H]13. The van der Waals surface area contributed by atoms with Gasteiger partial charge in [-0.1, -0.05) is 34.1 Å². The van der Waals surface area contributed by atoms with Crippen LogP contribution in [0.3, 0.4) is 0 Å². The second-order valence-corrected chi connectivity index (χ2v) is 10.2. The van der Waals surface area contributed by atoms with Gasteiger partial charge in [-0.3, -0.25) is 14.4 Å². The predicted octanol–water partition coefficient (Wildman–Crippen LogP) is 1.51. The predicted molar refractivity (Wildman–Crippen MR) is 122 cm³/mol. The van der Waals surface area contributed by atoms with Gasteiger partial charge in [0.25, 0.3) is 0 Å². The number of hydrogen-bond acceptors (Lipinski definition) is 5. The summed E-state index contributed by atoms with van der Waals surface area (Å²) in [6.45, 7) is 4.19. The first-order valence-corrected chi connectivity index (χ1v) is 12.0. The van der Waals surface area contributed by atoms with E-state index in [0.29, 0.717) is 25.8 Å². The van der Waals surface area contributed by atoms with Gasteiger partial charge in [0.1, 0.15) is 11.6 Å². The van der Waals surface area contributed by atoms with Gasteiger partial charge in [0.15, 0.2) is 0 Å². The van der Waals surface area contributed by atoms with Crippen molar-refractivity contribution in [2.24, 2.45) is 11.8 Å². The Kier molecular flexibility index (Phi) is 6.35. The molecule has 3 unspecified atom stereocenters. The molecule has 3 amide bonds. The van der Waals surface area contributed by atoms with Crippen molar-refractivity contribution < 1.29 is 24.2 Å². The molecule has 174 valence electrons. The lowest BCUT2D eigenvalue weighted by Crippen LogP contribution is -2.54. The van der Waals surface area contributed by atoms with Crippen molar-refractivity contribution >= 4 is 39.3 Å². The zero-order valence-corrected chi connectivity index (χ0v) is 20.1. The molecule has 3 N–H and O–H groups in total. The summed E-state index contributed by atoms with van der Waals surface area (Å²) in [5, 5.41) is 14.9. The summed E-state index contributed by atoms with van der Waals surface area (Å²) in [5.74, 6) is -2.13. The van der Waals surface area contributed by atoms with Crippen LogP contribution in [0.4, 0.5) is 5.69 Å². The Morgan fingerprint density at radius 2 is 1.94 bits per heavy atom. The molecule has 0 saturated carbocycles. The summed E-state index contributed by atoms with van der Waals surface area (Å²) < 4.78 is 6.39. The summed E-state index contributed by atoms with van der Waals surface area (Å²) in [4.78, 5) is 41.5. The Morgan fingerprint density at radius 3 is 2.56 bits per heavy atom. The molecule has 1 aromatic carbocycles. The van der Waals surface area contributed by atoms with Gasteiger partial charge in [-0.15, -0.1) is 0 Å². The van der Waals surface area contributed by atoms with Crippen molar-refractivity contribution in [1.82, 2.24) is 10.2 Å². The number of halogens is 1. The summed E-state index contributed by atoms with van der Waals surface area (Å²) in [7, 11) is 1.55. The number of hydrogen-bond donors (Lipinski definition) is 3. The monoisotopic (exact) mass is 507 g/mol. The Morgan fingerprint density at radius 1 is 1.25 bits per heavy atom. The Balaban J connectivity index is 1.73. The van der Waals surface area contributed by atoms with Crippen molar-refractivity contribution in [3.8, 4) is 0 Å². The number of carbonyl (C=O) groups is 3. The zero-order valence-electron chi connectivity index (χ0n) is 18.6. The zero-order chi connectivity index (χ0) is 23.2. The van der Waals surface area contributed by atoms with Gasteiger partial charge in [-0.2, -0.15) is 0 Å². The third-order valence-electron chi connectivity index (χ3n) is 7.12. The van der Waals surface area contributed by atoms with E-state index >= 15 is 0 Å². The molecular weight excluding hydrogens is 478 g/mol. The quantitative estimate of drug-likeness (QED) is 0.383. The molecule has 1 aromatic rings. The summed E-state index contributed by atoms with van der Waals surface area (Å²) in [6, 6.07) is 4.94. The van der Waals surface area contributed by atoms with Crippen LogP contribution < -0.4 is 10.6 Å². The molecule has 0 radical (unpaired) electrons. The number of anilines is 1. The summed E-state index contributed by atoms with van der Waals surface area (Å²) in [5.41, 5.74) is 1.53. The van der Waals surface area contributed by atoms with Crippen molar-refractivity contribution in [1.29, 1.82) is 0 Å². The molecule has 4 rings (SSSR count). The number of carbonyl (C=O) groups excluding carboxylic acids is 3. The minimum absolute atomic E-state index is 0.0127. The number of rotatable bonds is 7. The number of aryl methyl sites for hydroxylation is 2. The normalized spacial score (nSPS) is 32.8. The topological polar surface area (TPSA) is 108 Å². The van der Waals surface area contributed by atoms with Gasteiger partial charge in [0, 0.05) is 30.7 Å². The maximum atomic E-state index is 13.7. The Bertz CT molecular complexity index is 920. The highest BCUT2D eigenvalue weighted by Gasteiger charge is 2.76. The van der Waals surface area contributed by atoms with E-state index in [1.807, 2.05) is 32.0 Å². The van der Waals surface area contributed by atoms with Gasteiger partial charge in [-0.05, 0) is 44.2 Å². The first kappa shape index (κ1) is 23.2. The molecule has 0 aliphatic carbocycles. The molecular formula is C23H30BrN3O5. The van der Waals surface area contributed by atoms with E-state index in [9.17, 15) is 19.5 Å². The number of unbranched alkanes of at least 4 members (excludes halogenated alkanes) is 1. The van der Waals surface area contributed by atoms with E-state index in [0.717, 1.165) is 16.8 Å². The van der Waals surface area contributed by atoms with Crippen LogP contribution in [0.1, 0.15) is 30.4 Å². The molecule has 8 nitrogen and oxygen atoms in total. The maximum absolute atomic E-state index is 13.7. The summed E-state index contributed by atoms with van der Waals surface area (Å²) >= 11 is 3.64. The third-order valence-corrected chi connectivity index (χ3v) is 7.97. The van der Waals surface area contributed by atoms with Crippen LogP contribution in [0.25, 0.3) is 0 Å². The number of amides is 3. The molecule has 3 aliphatic heterocycles. The first-order valence-electron chi connectivity index (χ1n) is 11.1. The lowest BCUT2D eigenvalue weighted by molar-refractivity contribution is -0.140. The number of ether oxygens (including phenoxy) is 1. The number of fused-ring (bicyclic) bond motifs is 1. The molecule has 2 bridgehead atoms. The maximum Gasteiger partial charge on any atom is 0.250 e. The molecule has 3 saturated heterocycles. The molecule has 0 aromatic heterocycles. The largest absolute Gasteiger partial charge is 0.396 e. The molecule has 1 spiro atoms. The lowest BCUT2D eigenvalue weighted by Gasteiger charge is -2.34. The molecule has 3 fully saturated rings. The Labute approximate surface area is 196 Å². The number of benzene rings is 1. The Hall–Kier alpha value is -1.97.